The summed E-state index contributed by atoms with van der Waals surface area (Å²) in [6, 6.07) is 39.0. The first-order chi connectivity index (χ1) is 19.2. The lowest BCUT2D eigenvalue weighted by atomic mass is 10.0. The lowest BCUT2D eigenvalue weighted by Crippen LogP contribution is -2.28. The minimum Gasteiger partial charge on any atom is -0.456 e. The maximum atomic E-state index is 6.74. The van der Waals surface area contributed by atoms with Crippen LogP contribution in [0.5, 0.6) is 0 Å². The zero-order valence-corrected chi connectivity index (χ0v) is 21.8. The number of para-hydroxylation sites is 2. The average Bonchev–Trinajstić information content (AvgIpc) is 3.10. The normalized spacial score (nSPS) is 11.8. The Morgan fingerprint density at radius 2 is 1.18 bits per heavy atom. The first-order valence-electron chi connectivity index (χ1n) is 13.4. The van der Waals surface area contributed by atoms with Gasteiger partial charge in [-0.05, 0) is 55.0 Å². The van der Waals surface area contributed by atoms with Crippen molar-refractivity contribution in [3.05, 3.63) is 133 Å². The van der Waals surface area contributed by atoms with Crippen molar-refractivity contribution >= 4 is 65.6 Å². The molecule has 0 radical (unpaired) electrons. The number of fused-ring (bicyclic) bond motifs is 13. The van der Waals surface area contributed by atoms with Crippen LogP contribution in [0.15, 0.2) is 126 Å². The number of pyridine rings is 2. The molecule has 0 aliphatic heterocycles. The van der Waals surface area contributed by atoms with E-state index in [9.17, 15) is 0 Å². The maximum Gasteiger partial charge on any atom is 0.228 e. The van der Waals surface area contributed by atoms with Crippen molar-refractivity contribution < 1.29 is 13.2 Å². The van der Waals surface area contributed by atoms with Crippen LogP contribution in [0.1, 0.15) is 11.1 Å². The summed E-state index contributed by atoms with van der Waals surface area (Å²) in [4.78, 5) is 0. The average molecular weight is 503 g/mol. The van der Waals surface area contributed by atoms with Crippen molar-refractivity contribution in [2.24, 2.45) is 0 Å². The molecule has 184 valence electrons. The van der Waals surface area contributed by atoms with E-state index >= 15 is 0 Å². The molecule has 0 aliphatic carbocycles. The molecule has 8 aromatic rings. The summed E-state index contributed by atoms with van der Waals surface area (Å²) >= 11 is 0. The van der Waals surface area contributed by atoms with Crippen LogP contribution in [-0.4, -0.2) is 0 Å². The Morgan fingerprint density at radius 3 is 2.03 bits per heavy atom. The summed E-state index contributed by atoms with van der Waals surface area (Å²) in [7, 11) is 0. The van der Waals surface area contributed by atoms with Crippen LogP contribution in [0.3, 0.4) is 0 Å². The third kappa shape index (κ3) is 3.23. The lowest BCUT2D eigenvalue weighted by molar-refractivity contribution is -0.488. The molecule has 3 nitrogen and oxygen atoms in total. The van der Waals surface area contributed by atoms with E-state index in [0.29, 0.717) is 0 Å². The Bertz CT molecular complexity index is 2360. The van der Waals surface area contributed by atoms with E-state index in [4.69, 9.17) is 4.42 Å². The van der Waals surface area contributed by atoms with Crippen LogP contribution in [0, 0.1) is 13.8 Å². The van der Waals surface area contributed by atoms with Gasteiger partial charge >= 0.3 is 0 Å². The molecular formula is C36H26N2O+2. The predicted octanol–water partition coefficient (Wildman–Crippen LogP) is 8.26. The van der Waals surface area contributed by atoms with Gasteiger partial charge in [0.2, 0.25) is 22.1 Å². The summed E-state index contributed by atoms with van der Waals surface area (Å²) in [6.45, 7) is 4.35. The van der Waals surface area contributed by atoms with Crippen molar-refractivity contribution in [3.63, 3.8) is 0 Å². The molecule has 0 saturated heterocycles. The summed E-state index contributed by atoms with van der Waals surface area (Å²) in [5, 5.41) is 6.92. The Labute approximate surface area is 225 Å². The van der Waals surface area contributed by atoms with Gasteiger partial charge in [0.15, 0.2) is 12.4 Å². The third-order valence-corrected chi connectivity index (χ3v) is 7.96. The molecule has 0 amide bonds. The van der Waals surface area contributed by atoms with E-state index in [0.717, 1.165) is 33.0 Å². The van der Waals surface area contributed by atoms with Crippen LogP contribution in [0.2, 0.25) is 0 Å². The topological polar surface area (TPSA) is 21.3 Å². The second-order valence-corrected chi connectivity index (χ2v) is 10.4. The predicted molar refractivity (Wildman–Crippen MR) is 160 cm³/mol. The van der Waals surface area contributed by atoms with Crippen molar-refractivity contribution in [2.45, 2.75) is 13.8 Å². The first-order valence-corrected chi connectivity index (χ1v) is 13.4. The molecule has 0 fully saturated rings. The van der Waals surface area contributed by atoms with Gasteiger partial charge in [-0.2, -0.15) is 8.80 Å². The molecule has 4 aromatic heterocycles. The molecule has 0 aliphatic rings. The lowest BCUT2D eigenvalue weighted by Gasteiger charge is -2.04. The third-order valence-electron chi connectivity index (χ3n) is 7.96. The fourth-order valence-electron chi connectivity index (χ4n) is 6.19. The number of nitrogens with zero attached hydrogens (tertiary/aromatic N) is 2. The van der Waals surface area contributed by atoms with Gasteiger partial charge in [-0.25, -0.2) is 0 Å². The highest BCUT2D eigenvalue weighted by atomic mass is 16.3. The SMILES string of the molecule is Cc1ccc2c3ccccc3[n+]3cccc(C)c3c3cc4c(cc3[n+]2c1)oc1ccccc1c1ccccc41. The number of aryl methyl sites for hydroxylation is 2. The van der Waals surface area contributed by atoms with Gasteiger partial charge in [0, 0.05) is 40.1 Å². The van der Waals surface area contributed by atoms with Gasteiger partial charge in [-0.1, -0.05) is 54.6 Å². The summed E-state index contributed by atoms with van der Waals surface area (Å²) in [5.41, 5.74) is 8.75. The van der Waals surface area contributed by atoms with Gasteiger partial charge in [0.05, 0.1) is 6.07 Å². The fourth-order valence-corrected chi connectivity index (χ4v) is 6.19. The quantitative estimate of drug-likeness (QED) is 0.191. The molecule has 0 unspecified atom stereocenters. The van der Waals surface area contributed by atoms with Crippen LogP contribution in [-0.2, 0) is 0 Å². The van der Waals surface area contributed by atoms with Gasteiger partial charge in [0.1, 0.15) is 21.9 Å². The van der Waals surface area contributed by atoms with Gasteiger partial charge in [-0.15, -0.1) is 0 Å². The molecule has 4 heterocycles. The first kappa shape index (κ1) is 22.0. The maximum absolute atomic E-state index is 6.74. The van der Waals surface area contributed by atoms with Crippen LogP contribution < -0.4 is 8.80 Å². The highest BCUT2D eigenvalue weighted by molar-refractivity contribution is 6.16. The zero-order valence-electron chi connectivity index (χ0n) is 21.8. The fraction of sp³-hybridized carbons (Fsp3) is 0.0556. The summed E-state index contributed by atoms with van der Waals surface area (Å²) in [6.07, 6.45) is 4.42. The molecule has 39 heavy (non-hydrogen) atoms. The minimum atomic E-state index is 0.861. The second-order valence-electron chi connectivity index (χ2n) is 10.4. The highest BCUT2D eigenvalue weighted by Gasteiger charge is 2.22. The monoisotopic (exact) mass is 502 g/mol. The van der Waals surface area contributed by atoms with Crippen molar-refractivity contribution in [3.8, 4) is 0 Å². The molecule has 4 aromatic carbocycles. The highest BCUT2D eigenvalue weighted by Crippen LogP contribution is 2.34. The number of hydrogen-bond donors (Lipinski definition) is 0. The standard InChI is InChI=1S/C36H26N2O/c1-23-17-18-32-28-14-5-7-15-31(28)37-19-9-10-24(2)36(37)30-20-29-26-12-4-3-11-25(26)27-13-6-8-16-34(27)39-35(29)21-33(30)38(32)22-23/h3-22H,1-2H3/q+2. The van der Waals surface area contributed by atoms with E-state index in [1.54, 1.807) is 0 Å². The van der Waals surface area contributed by atoms with Crippen molar-refractivity contribution in [2.75, 3.05) is 0 Å². The molecule has 0 saturated carbocycles. The van der Waals surface area contributed by atoms with E-state index in [-0.39, 0.29) is 0 Å². The van der Waals surface area contributed by atoms with Crippen LogP contribution >= 0.6 is 0 Å². The number of benzene rings is 4. The Balaban J connectivity index is 1.78. The van der Waals surface area contributed by atoms with E-state index in [1.165, 1.54) is 43.7 Å². The van der Waals surface area contributed by atoms with Gasteiger partial charge in [-0.3, -0.25) is 0 Å². The molecule has 8 rings (SSSR count). The number of rotatable bonds is 0. The summed E-state index contributed by atoms with van der Waals surface area (Å²) < 4.78 is 11.4. The smallest absolute Gasteiger partial charge is 0.228 e. The van der Waals surface area contributed by atoms with Crippen molar-refractivity contribution in [1.82, 2.24) is 0 Å². The molecule has 0 N–H and O–H groups in total. The number of aromatic nitrogens is 2. The second kappa shape index (κ2) is 8.24. The molecule has 0 bridgehead atoms. The van der Waals surface area contributed by atoms with Crippen molar-refractivity contribution in [1.29, 1.82) is 0 Å². The Hall–Kier alpha value is -5.02. The molecule has 0 atom stereocenters. The zero-order chi connectivity index (χ0) is 26.1. The Morgan fingerprint density at radius 1 is 0.487 bits per heavy atom. The summed E-state index contributed by atoms with van der Waals surface area (Å²) in [5.74, 6) is 0. The largest absolute Gasteiger partial charge is 0.456 e. The molecule has 3 heteroatoms. The molecular weight excluding hydrogens is 476 g/mol. The van der Waals surface area contributed by atoms with E-state index in [1.807, 2.05) is 6.07 Å². The van der Waals surface area contributed by atoms with E-state index < -0.39 is 0 Å². The number of hydrogen-bond acceptors (Lipinski definition) is 1. The molecule has 0 spiro atoms. The van der Waals surface area contributed by atoms with Crippen LogP contribution in [0.25, 0.3) is 65.6 Å². The van der Waals surface area contributed by atoms with E-state index in [2.05, 4.69) is 138 Å². The minimum absolute atomic E-state index is 0.861. The van der Waals surface area contributed by atoms with Gasteiger partial charge in [0.25, 0.3) is 0 Å². The Kier molecular flexibility index (Phi) is 4.65. The van der Waals surface area contributed by atoms with Crippen LogP contribution in [0.4, 0.5) is 0 Å². The van der Waals surface area contributed by atoms with Gasteiger partial charge < -0.3 is 4.42 Å².